The normalized spacial score (nSPS) is 18.3. The van der Waals surface area contributed by atoms with Crippen molar-refractivity contribution in [3.05, 3.63) is 70.5 Å². The smallest absolute Gasteiger partial charge is 0.261 e. The van der Waals surface area contributed by atoms with Crippen molar-refractivity contribution in [2.75, 3.05) is 13.2 Å². The van der Waals surface area contributed by atoms with E-state index in [9.17, 15) is 14.4 Å². The summed E-state index contributed by atoms with van der Waals surface area (Å²) in [6.07, 6.45) is 2.24. The van der Waals surface area contributed by atoms with Crippen LogP contribution in [-0.4, -0.2) is 46.3 Å². The van der Waals surface area contributed by atoms with Gasteiger partial charge in [-0.25, -0.2) is 0 Å². The van der Waals surface area contributed by atoms with Crippen LogP contribution in [0.15, 0.2) is 42.5 Å². The predicted octanol–water partition coefficient (Wildman–Crippen LogP) is 3.92. The Morgan fingerprint density at radius 3 is 2.35 bits per heavy atom. The van der Waals surface area contributed by atoms with Gasteiger partial charge in [0.25, 0.3) is 11.8 Å². The Labute approximate surface area is 180 Å². The molecule has 0 saturated carbocycles. The molecular formula is C25H24N2O4. The highest BCUT2D eigenvalue weighted by molar-refractivity contribution is 6.26. The van der Waals surface area contributed by atoms with E-state index < -0.39 is 11.8 Å². The maximum atomic E-state index is 13.2. The van der Waals surface area contributed by atoms with Crippen LogP contribution in [0.1, 0.15) is 55.3 Å². The number of hydrogen-bond donors (Lipinski definition) is 0. The highest BCUT2D eigenvalue weighted by Gasteiger charge is 2.34. The summed E-state index contributed by atoms with van der Waals surface area (Å²) in [6.45, 7) is 5.09. The standard InChI is InChI=1S/C25H24N2O4/c1-15-12-21(16(2)26(15)13-18-8-5-11-31-18)22(28)14-27-24(29)19-9-3-6-17-7-4-10-20(23(17)19)25(27)30/h3-4,6-7,9-10,12,18H,5,8,11,13-14H2,1-2H3. The summed E-state index contributed by atoms with van der Waals surface area (Å²) >= 11 is 0. The zero-order valence-electron chi connectivity index (χ0n) is 17.7. The minimum Gasteiger partial charge on any atom is -0.376 e. The minimum absolute atomic E-state index is 0.162. The fraction of sp³-hybridized carbons (Fsp3) is 0.320. The van der Waals surface area contributed by atoms with Gasteiger partial charge < -0.3 is 9.30 Å². The Morgan fingerprint density at radius 1 is 1.06 bits per heavy atom. The third kappa shape index (κ3) is 3.18. The van der Waals surface area contributed by atoms with Crippen LogP contribution in [0.4, 0.5) is 0 Å². The van der Waals surface area contributed by atoms with Gasteiger partial charge in [-0.3, -0.25) is 19.3 Å². The number of carbonyl (C=O) groups is 3. The van der Waals surface area contributed by atoms with Gasteiger partial charge in [0.2, 0.25) is 0 Å². The van der Waals surface area contributed by atoms with Crippen LogP contribution in [-0.2, 0) is 11.3 Å². The second kappa shape index (κ2) is 7.46. The third-order valence-electron chi connectivity index (χ3n) is 6.44. The van der Waals surface area contributed by atoms with E-state index in [0.29, 0.717) is 28.6 Å². The summed E-state index contributed by atoms with van der Waals surface area (Å²) in [5.41, 5.74) is 3.29. The maximum absolute atomic E-state index is 13.2. The second-order valence-corrected chi connectivity index (χ2v) is 8.36. The molecule has 1 fully saturated rings. The Kier molecular flexibility index (Phi) is 4.74. The van der Waals surface area contributed by atoms with Crippen LogP contribution in [0.2, 0.25) is 0 Å². The lowest BCUT2D eigenvalue weighted by Crippen LogP contribution is -2.43. The van der Waals surface area contributed by atoms with E-state index in [1.165, 1.54) is 0 Å². The molecule has 6 heteroatoms. The second-order valence-electron chi connectivity index (χ2n) is 8.36. The first kappa shape index (κ1) is 19.7. The molecule has 31 heavy (non-hydrogen) atoms. The molecule has 3 heterocycles. The molecular weight excluding hydrogens is 392 g/mol. The van der Waals surface area contributed by atoms with E-state index in [4.69, 9.17) is 4.74 Å². The van der Waals surface area contributed by atoms with Crippen molar-refractivity contribution in [3.63, 3.8) is 0 Å². The summed E-state index contributed by atoms with van der Waals surface area (Å²) in [4.78, 5) is 40.5. The summed E-state index contributed by atoms with van der Waals surface area (Å²) in [5, 5.41) is 1.51. The highest BCUT2D eigenvalue weighted by atomic mass is 16.5. The van der Waals surface area contributed by atoms with Crippen LogP contribution in [0.3, 0.4) is 0 Å². The number of amides is 2. The number of carbonyl (C=O) groups excluding carboxylic acids is 3. The molecule has 1 unspecified atom stereocenters. The van der Waals surface area contributed by atoms with Crippen LogP contribution in [0.5, 0.6) is 0 Å². The van der Waals surface area contributed by atoms with E-state index in [1.54, 1.807) is 24.3 Å². The van der Waals surface area contributed by atoms with Crippen molar-refractivity contribution in [1.29, 1.82) is 0 Å². The van der Waals surface area contributed by atoms with Crippen LogP contribution in [0, 0.1) is 13.8 Å². The maximum Gasteiger partial charge on any atom is 0.261 e. The zero-order chi connectivity index (χ0) is 21.7. The summed E-state index contributed by atoms with van der Waals surface area (Å²) in [6, 6.07) is 12.6. The number of aryl methyl sites for hydroxylation is 1. The van der Waals surface area contributed by atoms with Gasteiger partial charge in [-0.1, -0.05) is 24.3 Å². The monoisotopic (exact) mass is 416 g/mol. The van der Waals surface area contributed by atoms with Crippen LogP contribution in [0.25, 0.3) is 10.8 Å². The van der Waals surface area contributed by atoms with Crippen molar-refractivity contribution in [2.24, 2.45) is 0 Å². The van der Waals surface area contributed by atoms with E-state index >= 15 is 0 Å². The Balaban J connectivity index is 1.43. The van der Waals surface area contributed by atoms with Crippen LogP contribution >= 0.6 is 0 Å². The number of imide groups is 1. The lowest BCUT2D eigenvalue weighted by Gasteiger charge is -2.26. The Bertz CT molecular complexity index is 1180. The van der Waals surface area contributed by atoms with Crippen molar-refractivity contribution < 1.29 is 19.1 Å². The van der Waals surface area contributed by atoms with E-state index in [-0.39, 0.29) is 18.4 Å². The first-order valence-corrected chi connectivity index (χ1v) is 10.6. The first-order chi connectivity index (χ1) is 15.0. The fourth-order valence-electron chi connectivity index (χ4n) is 4.81. The lowest BCUT2D eigenvalue weighted by molar-refractivity contribution is 0.0585. The lowest BCUT2D eigenvalue weighted by atomic mass is 9.94. The van der Waals surface area contributed by atoms with Gasteiger partial charge in [-0.15, -0.1) is 0 Å². The fourth-order valence-corrected chi connectivity index (χ4v) is 4.81. The predicted molar refractivity (Wildman–Crippen MR) is 117 cm³/mol. The molecule has 0 N–H and O–H groups in total. The largest absolute Gasteiger partial charge is 0.376 e. The molecule has 1 aromatic heterocycles. The van der Waals surface area contributed by atoms with Gasteiger partial charge in [0, 0.05) is 46.6 Å². The molecule has 5 rings (SSSR count). The molecule has 6 nitrogen and oxygen atoms in total. The molecule has 158 valence electrons. The summed E-state index contributed by atoms with van der Waals surface area (Å²) in [7, 11) is 0. The summed E-state index contributed by atoms with van der Waals surface area (Å²) < 4.78 is 7.84. The molecule has 2 amide bonds. The van der Waals surface area contributed by atoms with Gasteiger partial charge >= 0.3 is 0 Å². The third-order valence-corrected chi connectivity index (χ3v) is 6.44. The number of ether oxygens (including phenoxy) is 1. The molecule has 1 saturated heterocycles. The molecule has 2 aromatic carbocycles. The molecule has 0 aliphatic carbocycles. The van der Waals surface area contributed by atoms with Gasteiger partial charge in [0.1, 0.15) is 0 Å². The number of benzene rings is 2. The van der Waals surface area contributed by atoms with Crippen molar-refractivity contribution in [3.8, 4) is 0 Å². The van der Waals surface area contributed by atoms with Gasteiger partial charge in [0.15, 0.2) is 5.78 Å². The number of Topliss-reactive ketones (excluding diaryl/α,β-unsaturated/α-hetero) is 1. The number of aromatic nitrogens is 1. The first-order valence-electron chi connectivity index (χ1n) is 10.6. The highest BCUT2D eigenvalue weighted by Crippen LogP contribution is 2.30. The van der Waals surface area contributed by atoms with Gasteiger partial charge in [-0.05, 0) is 50.3 Å². The van der Waals surface area contributed by atoms with Gasteiger partial charge in [-0.2, -0.15) is 0 Å². The average Bonchev–Trinajstić information content (AvgIpc) is 3.38. The van der Waals surface area contributed by atoms with Crippen molar-refractivity contribution >= 4 is 28.4 Å². The Morgan fingerprint density at radius 2 is 1.74 bits per heavy atom. The molecule has 0 bridgehead atoms. The SMILES string of the molecule is Cc1cc(C(=O)CN2C(=O)c3cccc4cccc(c34)C2=O)c(C)n1CC1CCCO1. The van der Waals surface area contributed by atoms with E-state index in [1.807, 2.05) is 32.0 Å². The van der Waals surface area contributed by atoms with Crippen molar-refractivity contribution in [1.82, 2.24) is 9.47 Å². The topological polar surface area (TPSA) is 68.6 Å². The van der Waals surface area contributed by atoms with Gasteiger partial charge in [0.05, 0.1) is 12.6 Å². The number of nitrogens with zero attached hydrogens (tertiary/aromatic N) is 2. The van der Waals surface area contributed by atoms with E-state index in [0.717, 1.165) is 41.1 Å². The summed E-state index contributed by atoms with van der Waals surface area (Å²) in [5.74, 6) is -1.08. The molecule has 0 radical (unpaired) electrons. The number of rotatable bonds is 5. The molecule has 2 aliphatic heterocycles. The van der Waals surface area contributed by atoms with Crippen LogP contribution < -0.4 is 0 Å². The molecule has 3 aromatic rings. The molecule has 2 aliphatic rings. The minimum atomic E-state index is -0.421. The molecule has 1 atom stereocenters. The Hall–Kier alpha value is -3.25. The quantitative estimate of drug-likeness (QED) is 0.467. The molecule has 0 spiro atoms. The average molecular weight is 416 g/mol. The number of ketones is 1. The van der Waals surface area contributed by atoms with E-state index in [2.05, 4.69) is 4.57 Å². The zero-order valence-corrected chi connectivity index (χ0v) is 17.7. The number of hydrogen-bond acceptors (Lipinski definition) is 4. The van der Waals surface area contributed by atoms with Crippen molar-refractivity contribution in [2.45, 2.75) is 39.3 Å².